The Morgan fingerprint density at radius 3 is 2.67 bits per heavy atom. The van der Waals surface area contributed by atoms with Crippen LogP contribution in [0.2, 0.25) is 0 Å². The van der Waals surface area contributed by atoms with E-state index in [0.29, 0.717) is 6.54 Å². The highest BCUT2D eigenvalue weighted by Crippen LogP contribution is 2.31. The zero-order chi connectivity index (χ0) is 13.1. The molecule has 1 fully saturated rings. The molecule has 2 rings (SSSR count). The predicted molar refractivity (Wildman–Crippen MR) is 66.8 cm³/mol. The lowest BCUT2D eigenvalue weighted by Crippen LogP contribution is -2.46. The molecule has 4 heteroatoms. The second kappa shape index (κ2) is 5.33. The van der Waals surface area contributed by atoms with Crippen molar-refractivity contribution in [1.82, 2.24) is 5.32 Å². The van der Waals surface area contributed by atoms with Crippen molar-refractivity contribution < 1.29 is 13.5 Å². The second-order valence-corrected chi connectivity index (χ2v) is 5.09. The fraction of sp³-hybridized carbons (Fsp3) is 0.571. The van der Waals surface area contributed by atoms with Crippen molar-refractivity contribution in [1.29, 1.82) is 0 Å². The van der Waals surface area contributed by atoms with E-state index in [1.807, 2.05) is 6.92 Å². The van der Waals surface area contributed by atoms with Crippen LogP contribution >= 0.6 is 0 Å². The average molecular weight is 255 g/mol. The minimum absolute atomic E-state index is 0.0115. The van der Waals surface area contributed by atoms with Crippen LogP contribution in [0.1, 0.15) is 25.3 Å². The van der Waals surface area contributed by atoms with Crippen LogP contribution < -0.4 is 5.32 Å². The van der Waals surface area contributed by atoms with Crippen LogP contribution in [0.5, 0.6) is 0 Å². The van der Waals surface area contributed by atoms with Gasteiger partial charge in [-0.1, -0.05) is 30.3 Å². The Bertz CT molecular complexity index is 375. The minimum atomic E-state index is -2.93. The maximum Gasteiger partial charge on any atom is 0.296 e. The van der Waals surface area contributed by atoms with Gasteiger partial charge in [-0.25, -0.2) is 0 Å². The molecule has 0 saturated carbocycles. The Labute approximate surface area is 106 Å². The molecule has 1 unspecified atom stereocenters. The molecule has 0 bridgehead atoms. The summed E-state index contributed by atoms with van der Waals surface area (Å²) in [6, 6.07) is 7.84. The van der Waals surface area contributed by atoms with Crippen molar-refractivity contribution >= 4 is 0 Å². The molecule has 1 heterocycles. The summed E-state index contributed by atoms with van der Waals surface area (Å²) < 4.78 is 33.3. The van der Waals surface area contributed by atoms with E-state index in [4.69, 9.17) is 4.74 Å². The molecule has 0 radical (unpaired) electrons. The first-order valence-corrected chi connectivity index (χ1v) is 6.30. The topological polar surface area (TPSA) is 21.3 Å². The SMILES string of the molecule is CC1(OCC(F)(F)c2ccccc2)CCCNC1. The van der Waals surface area contributed by atoms with Crippen LogP contribution in [0.15, 0.2) is 30.3 Å². The number of halogens is 2. The van der Waals surface area contributed by atoms with Crippen LogP contribution in [0.3, 0.4) is 0 Å². The van der Waals surface area contributed by atoms with E-state index in [0.717, 1.165) is 19.4 Å². The zero-order valence-electron chi connectivity index (χ0n) is 10.6. The first-order chi connectivity index (χ1) is 8.52. The van der Waals surface area contributed by atoms with Crippen molar-refractivity contribution in [3.63, 3.8) is 0 Å². The predicted octanol–water partition coefficient (Wildman–Crippen LogP) is 2.94. The van der Waals surface area contributed by atoms with Gasteiger partial charge in [0.15, 0.2) is 0 Å². The van der Waals surface area contributed by atoms with Gasteiger partial charge < -0.3 is 10.1 Å². The highest BCUT2D eigenvalue weighted by molar-refractivity contribution is 5.19. The average Bonchev–Trinajstić information content (AvgIpc) is 2.39. The third kappa shape index (κ3) is 3.27. The maximum absolute atomic E-state index is 13.9. The van der Waals surface area contributed by atoms with Crippen molar-refractivity contribution in [2.75, 3.05) is 19.7 Å². The lowest BCUT2D eigenvalue weighted by Gasteiger charge is -2.35. The number of nitrogens with one attached hydrogen (secondary N) is 1. The number of hydrogen-bond donors (Lipinski definition) is 1. The number of benzene rings is 1. The fourth-order valence-corrected chi connectivity index (χ4v) is 2.18. The first-order valence-electron chi connectivity index (χ1n) is 6.30. The Kier molecular flexibility index (Phi) is 3.97. The van der Waals surface area contributed by atoms with Crippen molar-refractivity contribution in [2.24, 2.45) is 0 Å². The van der Waals surface area contributed by atoms with Gasteiger partial charge in [-0.2, -0.15) is 8.78 Å². The summed E-state index contributed by atoms with van der Waals surface area (Å²) in [5.41, 5.74) is -0.464. The lowest BCUT2D eigenvalue weighted by molar-refractivity contribution is -0.143. The molecular formula is C14H19F2NO. The molecule has 0 aromatic heterocycles. The highest BCUT2D eigenvalue weighted by Gasteiger charge is 2.36. The van der Waals surface area contributed by atoms with Gasteiger partial charge in [-0.05, 0) is 26.3 Å². The molecule has 1 saturated heterocycles. The molecule has 0 aliphatic carbocycles. The Balaban J connectivity index is 1.96. The minimum Gasteiger partial charge on any atom is -0.367 e. The maximum atomic E-state index is 13.9. The second-order valence-electron chi connectivity index (χ2n) is 5.09. The summed E-state index contributed by atoms with van der Waals surface area (Å²) in [7, 11) is 0. The van der Waals surface area contributed by atoms with E-state index in [2.05, 4.69) is 5.32 Å². The van der Waals surface area contributed by atoms with Crippen LogP contribution in [-0.4, -0.2) is 25.3 Å². The van der Waals surface area contributed by atoms with Crippen LogP contribution in [0, 0.1) is 0 Å². The Morgan fingerprint density at radius 2 is 2.06 bits per heavy atom. The molecule has 1 aliphatic rings. The van der Waals surface area contributed by atoms with Crippen molar-refractivity contribution in [3.8, 4) is 0 Å². The van der Waals surface area contributed by atoms with E-state index >= 15 is 0 Å². The van der Waals surface area contributed by atoms with Crippen LogP contribution in [-0.2, 0) is 10.7 Å². The smallest absolute Gasteiger partial charge is 0.296 e. The third-order valence-corrected chi connectivity index (χ3v) is 3.36. The highest BCUT2D eigenvalue weighted by atomic mass is 19.3. The van der Waals surface area contributed by atoms with Crippen LogP contribution in [0.4, 0.5) is 8.78 Å². The Morgan fingerprint density at radius 1 is 1.33 bits per heavy atom. The van der Waals surface area contributed by atoms with Gasteiger partial charge in [-0.3, -0.25) is 0 Å². The molecule has 100 valence electrons. The van der Waals surface area contributed by atoms with Gasteiger partial charge in [0, 0.05) is 12.1 Å². The van der Waals surface area contributed by atoms with E-state index in [1.165, 1.54) is 12.1 Å². The lowest BCUT2D eigenvalue weighted by atomic mass is 9.96. The number of alkyl halides is 2. The summed E-state index contributed by atoms with van der Waals surface area (Å²) in [4.78, 5) is 0. The van der Waals surface area contributed by atoms with E-state index in [9.17, 15) is 8.78 Å². The van der Waals surface area contributed by atoms with Gasteiger partial charge in [0.25, 0.3) is 5.92 Å². The van der Waals surface area contributed by atoms with Gasteiger partial charge in [0.05, 0.1) is 5.60 Å². The number of rotatable bonds is 4. The molecule has 2 nitrogen and oxygen atoms in total. The quantitative estimate of drug-likeness (QED) is 0.893. The summed E-state index contributed by atoms with van der Waals surface area (Å²) in [5.74, 6) is -2.93. The van der Waals surface area contributed by atoms with Crippen LogP contribution in [0.25, 0.3) is 0 Å². The zero-order valence-corrected chi connectivity index (χ0v) is 10.6. The standard InChI is InChI=1S/C14H19F2NO/c1-13(8-5-9-17-10-13)18-11-14(15,16)12-6-3-2-4-7-12/h2-4,6-7,17H,5,8-11H2,1H3. The van der Waals surface area contributed by atoms with E-state index in [-0.39, 0.29) is 5.56 Å². The summed E-state index contributed by atoms with van der Waals surface area (Å²) in [5, 5.41) is 3.18. The van der Waals surface area contributed by atoms with E-state index < -0.39 is 18.1 Å². The third-order valence-electron chi connectivity index (χ3n) is 3.36. The molecule has 1 atom stereocenters. The molecular weight excluding hydrogens is 236 g/mol. The molecule has 18 heavy (non-hydrogen) atoms. The van der Waals surface area contributed by atoms with Crippen molar-refractivity contribution in [2.45, 2.75) is 31.3 Å². The first kappa shape index (κ1) is 13.4. The van der Waals surface area contributed by atoms with Crippen molar-refractivity contribution in [3.05, 3.63) is 35.9 Å². The van der Waals surface area contributed by atoms with Gasteiger partial charge in [0.2, 0.25) is 0 Å². The Hall–Kier alpha value is -1.00. The molecule has 0 amide bonds. The number of ether oxygens (including phenoxy) is 1. The molecule has 1 aliphatic heterocycles. The van der Waals surface area contributed by atoms with E-state index in [1.54, 1.807) is 18.2 Å². The molecule has 1 aromatic rings. The number of hydrogen-bond acceptors (Lipinski definition) is 2. The molecule has 0 spiro atoms. The molecule has 1 aromatic carbocycles. The van der Waals surface area contributed by atoms with Gasteiger partial charge in [-0.15, -0.1) is 0 Å². The summed E-state index contributed by atoms with van der Waals surface area (Å²) in [6.45, 7) is 2.90. The number of piperidine rings is 1. The largest absolute Gasteiger partial charge is 0.367 e. The van der Waals surface area contributed by atoms with Gasteiger partial charge in [0.1, 0.15) is 6.61 Å². The summed E-state index contributed by atoms with van der Waals surface area (Å²) in [6.07, 6.45) is 1.79. The van der Waals surface area contributed by atoms with Gasteiger partial charge >= 0.3 is 0 Å². The monoisotopic (exact) mass is 255 g/mol. The normalized spacial score (nSPS) is 25.1. The summed E-state index contributed by atoms with van der Waals surface area (Å²) >= 11 is 0. The fourth-order valence-electron chi connectivity index (χ4n) is 2.18. The molecule has 1 N–H and O–H groups in total.